The molecule has 0 fully saturated rings. The van der Waals surface area contributed by atoms with Gasteiger partial charge in [-0.3, -0.25) is 9.89 Å². The Labute approximate surface area is 189 Å². The minimum absolute atomic E-state index is 0.152. The number of fused-ring (bicyclic) bond motifs is 2. The third kappa shape index (κ3) is 3.42. The van der Waals surface area contributed by atoms with E-state index in [1.54, 1.807) is 41.6 Å². The highest BCUT2D eigenvalue weighted by Crippen LogP contribution is 2.28. The number of amides is 1. The number of sulfonamides is 1. The fourth-order valence-corrected chi connectivity index (χ4v) is 6.46. The van der Waals surface area contributed by atoms with Crippen LogP contribution in [0.15, 0.2) is 40.9 Å². The van der Waals surface area contributed by atoms with Crippen LogP contribution in [0.3, 0.4) is 0 Å². The minimum atomic E-state index is -3.75. The molecule has 3 aromatic heterocycles. The number of hydrogen-bond acceptors (Lipinski definition) is 6. The molecule has 0 radical (unpaired) electrons. The Hall–Kier alpha value is -3.02. The fraction of sp³-hybridized carbons (Fsp3) is 0.286. The highest BCUT2D eigenvalue weighted by atomic mass is 32.2. The molecule has 0 atom stereocenters. The van der Waals surface area contributed by atoms with Gasteiger partial charge in [-0.05, 0) is 24.6 Å². The predicted octanol–water partition coefficient (Wildman–Crippen LogP) is 2.34. The summed E-state index contributed by atoms with van der Waals surface area (Å²) in [6.45, 7) is 2.65. The summed E-state index contributed by atoms with van der Waals surface area (Å²) in [7, 11) is -2.05. The first kappa shape index (κ1) is 20.9. The van der Waals surface area contributed by atoms with Gasteiger partial charge in [0.2, 0.25) is 10.0 Å². The Kier molecular flexibility index (Phi) is 5.11. The second-order valence-corrected chi connectivity index (χ2v) is 10.6. The van der Waals surface area contributed by atoms with Crippen molar-refractivity contribution in [3.05, 3.63) is 64.2 Å². The van der Waals surface area contributed by atoms with Crippen molar-refractivity contribution in [1.82, 2.24) is 29.4 Å². The molecule has 1 aliphatic rings. The van der Waals surface area contributed by atoms with Gasteiger partial charge in [-0.2, -0.15) is 9.40 Å². The lowest BCUT2D eigenvalue weighted by Crippen LogP contribution is -2.35. The molecule has 0 saturated heterocycles. The highest BCUT2D eigenvalue weighted by molar-refractivity contribution is 7.89. The summed E-state index contributed by atoms with van der Waals surface area (Å²) < 4.78 is 30.9. The first-order chi connectivity index (χ1) is 15.4. The molecule has 5 rings (SSSR count). The van der Waals surface area contributed by atoms with Crippen molar-refractivity contribution in [3.8, 4) is 0 Å². The van der Waals surface area contributed by atoms with Crippen molar-refractivity contribution >= 4 is 37.5 Å². The van der Waals surface area contributed by atoms with Gasteiger partial charge in [0.25, 0.3) is 5.91 Å². The van der Waals surface area contributed by atoms with Crippen molar-refractivity contribution in [2.24, 2.45) is 7.05 Å². The van der Waals surface area contributed by atoms with Gasteiger partial charge in [-0.15, -0.1) is 11.3 Å². The number of thiazole rings is 1. The van der Waals surface area contributed by atoms with E-state index in [9.17, 15) is 13.2 Å². The average molecular weight is 471 g/mol. The molecule has 2 N–H and O–H groups in total. The molecule has 4 heterocycles. The number of aromatic nitrogens is 4. The van der Waals surface area contributed by atoms with E-state index < -0.39 is 10.0 Å². The summed E-state index contributed by atoms with van der Waals surface area (Å²) >= 11 is 1.55. The fourth-order valence-electron chi connectivity index (χ4n) is 4.04. The Morgan fingerprint density at radius 1 is 1.34 bits per heavy atom. The Balaban J connectivity index is 1.38. The van der Waals surface area contributed by atoms with Gasteiger partial charge in [0.1, 0.15) is 10.6 Å². The third-order valence-corrected chi connectivity index (χ3v) is 8.74. The van der Waals surface area contributed by atoms with Gasteiger partial charge in [0.05, 0.1) is 21.9 Å². The molecule has 1 amide bonds. The number of nitrogens with one attached hydrogen (secondary N) is 2. The van der Waals surface area contributed by atoms with E-state index in [1.807, 2.05) is 18.2 Å². The summed E-state index contributed by atoms with van der Waals surface area (Å²) in [5.74, 6) is -0.333. The Morgan fingerprint density at radius 2 is 2.19 bits per heavy atom. The van der Waals surface area contributed by atoms with Crippen molar-refractivity contribution < 1.29 is 13.2 Å². The molecule has 1 aliphatic heterocycles. The smallest absolute Gasteiger partial charge is 0.268 e. The lowest BCUT2D eigenvalue weighted by Gasteiger charge is -2.25. The zero-order valence-corrected chi connectivity index (χ0v) is 19.3. The molecule has 0 aliphatic carbocycles. The molecule has 32 heavy (non-hydrogen) atoms. The quantitative estimate of drug-likeness (QED) is 0.465. The van der Waals surface area contributed by atoms with Gasteiger partial charge >= 0.3 is 0 Å². The van der Waals surface area contributed by atoms with Gasteiger partial charge < -0.3 is 9.88 Å². The largest absolute Gasteiger partial charge is 0.347 e. The van der Waals surface area contributed by atoms with E-state index in [2.05, 4.69) is 20.5 Å². The average Bonchev–Trinajstić information content (AvgIpc) is 3.51. The number of para-hydroxylation sites is 1. The summed E-state index contributed by atoms with van der Waals surface area (Å²) in [5.41, 5.74) is 6.23. The molecular weight excluding hydrogens is 448 g/mol. The molecule has 0 spiro atoms. The maximum absolute atomic E-state index is 13.4. The molecule has 9 nitrogen and oxygen atoms in total. The first-order valence-corrected chi connectivity index (χ1v) is 12.4. The van der Waals surface area contributed by atoms with Crippen molar-refractivity contribution in [1.29, 1.82) is 0 Å². The summed E-state index contributed by atoms with van der Waals surface area (Å²) in [6, 6.07) is 7.32. The molecule has 0 bridgehead atoms. The molecule has 4 aromatic rings. The van der Waals surface area contributed by atoms with Gasteiger partial charge in [0.15, 0.2) is 0 Å². The van der Waals surface area contributed by atoms with Gasteiger partial charge in [-0.1, -0.05) is 12.1 Å². The van der Waals surface area contributed by atoms with Crippen LogP contribution in [-0.2, 0) is 36.6 Å². The molecule has 166 valence electrons. The minimum Gasteiger partial charge on any atom is -0.347 e. The van der Waals surface area contributed by atoms with Crippen LogP contribution in [0.4, 0.5) is 0 Å². The summed E-state index contributed by atoms with van der Waals surface area (Å²) in [6.07, 6.45) is 2.24. The standard InChI is InChI=1S/C21H22N6O3S2/c1-13-19(32(29,30)27-7-6-16-15(11-27)10-24-25-16)8-17(26(13)2)21(28)22-9-14-4-3-5-18-20(14)23-12-31-18/h3-5,8,10,12H,6-7,9,11H2,1-2H3,(H,22,28)(H,24,25). The number of aromatic amines is 1. The lowest BCUT2D eigenvalue weighted by molar-refractivity contribution is 0.0942. The lowest BCUT2D eigenvalue weighted by atomic mass is 10.1. The monoisotopic (exact) mass is 470 g/mol. The summed E-state index contributed by atoms with van der Waals surface area (Å²) in [4.78, 5) is 17.5. The van der Waals surface area contributed by atoms with Gasteiger partial charge in [0, 0.05) is 50.1 Å². The van der Waals surface area contributed by atoms with Crippen LogP contribution < -0.4 is 5.32 Å². The number of nitrogens with zero attached hydrogens (tertiary/aromatic N) is 4. The zero-order valence-electron chi connectivity index (χ0n) is 17.6. The van der Waals surface area contributed by atoms with Crippen LogP contribution in [-0.4, -0.2) is 44.9 Å². The van der Waals surface area contributed by atoms with E-state index in [1.165, 1.54) is 10.4 Å². The maximum atomic E-state index is 13.4. The van der Waals surface area contributed by atoms with E-state index in [4.69, 9.17) is 0 Å². The zero-order chi connectivity index (χ0) is 22.5. The van der Waals surface area contributed by atoms with E-state index in [-0.39, 0.29) is 17.3 Å². The maximum Gasteiger partial charge on any atom is 0.268 e. The van der Waals surface area contributed by atoms with Crippen LogP contribution in [0.1, 0.15) is 33.0 Å². The van der Waals surface area contributed by atoms with Crippen LogP contribution in [0, 0.1) is 6.92 Å². The Morgan fingerprint density at radius 3 is 3.03 bits per heavy atom. The summed E-state index contributed by atoms with van der Waals surface area (Å²) in [5, 5.41) is 9.82. The topological polar surface area (TPSA) is 113 Å². The van der Waals surface area contributed by atoms with Crippen LogP contribution >= 0.6 is 11.3 Å². The van der Waals surface area contributed by atoms with Crippen LogP contribution in [0.25, 0.3) is 10.2 Å². The van der Waals surface area contributed by atoms with Crippen molar-refractivity contribution in [2.45, 2.75) is 31.3 Å². The van der Waals surface area contributed by atoms with E-state index in [0.717, 1.165) is 27.0 Å². The van der Waals surface area contributed by atoms with E-state index >= 15 is 0 Å². The number of rotatable bonds is 5. The van der Waals surface area contributed by atoms with Crippen LogP contribution in [0.5, 0.6) is 0 Å². The molecule has 0 saturated carbocycles. The number of hydrogen-bond donors (Lipinski definition) is 2. The third-order valence-electron chi connectivity index (χ3n) is 5.99. The van der Waals surface area contributed by atoms with Gasteiger partial charge in [-0.25, -0.2) is 13.4 Å². The second kappa shape index (κ2) is 7.84. The highest BCUT2D eigenvalue weighted by Gasteiger charge is 2.32. The normalized spacial score (nSPS) is 14.6. The number of benzene rings is 1. The van der Waals surface area contributed by atoms with Crippen molar-refractivity contribution in [3.63, 3.8) is 0 Å². The number of carbonyl (C=O) groups is 1. The van der Waals surface area contributed by atoms with Crippen molar-refractivity contribution in [2.75, 3.05) is 6.54 Å². The first-order valence-electron chi connectivity index (χ1n) is 10.1. The molecule has 0 unspecified atom stereocenters. The Bertz CT molecular complexity index is 1430. The number of H-pyrrole nitrogens is 1. The SMILES string of the molecule is Cc1c(S(=O)(=O)N2CCc3[nH]ncc3C2)cc(C(=O)NCc2cccc3scnc23)n1C. The van der Waals surface area contributed by atoms with Crippen LogP contribution in [0.2, 0.25) is 0 Å². The molecule has 1 aromatic carbocycles. The van der Waals surface area contributed by atoms with E-state index in [0.29, 0.717) is 30.9 Å². The molecule has 11 heteroatoms. The molecular formula is C21H22N6O3S2. The second-order valence-electron chi connectivity index (χ2n) is 7.80. The number of carbonyl (C=O) groups excluding carboxylic acids is 1. The predicted molar refractivity (Wildman–Crippen MR) is 121 cm³/mol.